The Hall–Kier alpha value is -1.22. The number of halogens is 1. The van der Waals surface area contributed by atoms with Crippen molar-refractivity contribution in [1.82, 2.24) is 0 Å². The Bertz CT molecular complexity index is 610. The van der Waals surface area contributed by atoms with Crippen LogP contribution in [0, 0.1) is 6.92 Å². The van der Waals surface area contributed by atoms with E-state index in [1.807, 2.05) is 12.1 Å². The Kier molecular flexibility index (Phi) is 6.56. The molecule has 0 saturated heterocycles. The summed E-state index contributed by atoms with van der Waals surface area (Å²) in [6.45, 7) is 5.08. The van der Waals surface area contributed by atoms with Gasteiger partial charge in [0.2, 0.25) is 0 Å². The quantitative estimate of drug-likeness (QED) is 0.430. The highest BCUT2D eigenvalue weighted by Crippen LogP contribution is 2.29. The highest BCUT2D eigenvalue weighted by Gasteiger charge is 2.05. The van der Waals surface area contributed by atoms with Crippen molar-refractivity contribution in [3.63, 3.8) is 0 Å². The number of ether oxygens (including phenoxy) is 2. The van der Waals surface area contributed by atoms with Gasteiger partial charge in [0.1, 0.15) is 11.5 Å². The molecule has 0 amide bonds. The van der Waals surface area contributed by atoms with Gasteiger partial charge in [0.25, 0.3) is 0 Å². The van der Waals surface area contributed by atoms with E-state index in [0.717, 1.165) is 24.5 Å². The van der Waals surface area contributed by atoms with Crippen molar-refractivity contribution in [2.24, 2.45) is 0 Å². The molecule has 0 heterocycles. The van der Waals surface area contributed by atoms with Crippen molar-refractivity contribution in [1.29, 1.82) is 0 Å². The van der Waals surface area contributed by atoms with Crippen LogP contribution in [-0.2, 0) is 0 Å². The molecule has 1 atom stereocenters. The summed E-state index contributed by atoms with van der Waals surface area (Å²) in [5.41, 5.74) is 1.18. The number of fused-ring (bicyclic) bond motifs is 1. The number of hydrogen-bond acceptors (Lipinski definition) is 2. The average molecular weight is 365 g/mol. The fraction of sp³-hybridized carbons (Fsp3) is 0.474. The van der Waals surface area contributed by atoms with E-state index >= 15 is 0 Å². The Morgan fingerprint density at radius 2 is 1.95 bits per heavy atom. The predicted octanol–water partition coefficient (Wildman–Crippen LogP) is 5.88. The number of unbranched alkanes of at least 4 members (excludes halogenated alkanes) is 1. The van der Waals surface area contributed by atoms with Crippen molar-refractivity contribution in [3.8, 4) is 11.5 Å². The van der Waals surface area contributed by atoms with E-state index < -0.39 is 0 Å². The first-order chi connectivity index (χ1) is 10.7. The molecule has 2 aromatic carbocycles. The third-order valence-corrected chi connectivity index (χ3v) is 5.16. The minimum absolute atomic E-state index is 0.645. The molecular weight excluding hydrogens is 340 g/mol. The molecular formula is C19H25BrO2. The Balaban J connectivity index is 1.93. The van der Waals surface area contributed by atoms with Crippen LogP contribution in [0.15, 0.2) is 30.3 Å². The summed E-state index contributed by atoms with van der Waals surface area (Å²) in [5, 5.41) is 2.42. The number of aryl methyl sites for hydroxylation is 1. The van der Waals surface area contributed by atoms with Crippen molar-refractivity contribution in [3.05, 3.63) is 35.9 Å². The average Bonchev–Trinajstić information content (AvgIpc) is 2.54. The lowest BCUT2D eigenvalue weighted by molar-refractivity contribution is 0.305. The minimum atomic E-state index is 0.645. The molecule has 0 aliphatic carbocycles. The van der Waals surface area contributed by atoms with Crippen molar-refractivity contribution in [2.75, 3.05) is 13.7 Å². The number of benzene rings is 2. The first kappa shape index (κ1) is 17.1. The van der Waals surface area contributed by atoms with Crippen LogP contribution in [0.2, 0.25) is 0 Å². The molecule has 2 aromatic rings. The molecule has 0 saturated carbocycles. The summed E-state index contributed by atoms with van der Waals surface area (Å²) in [5.74, 6) is 1.88. The van der Waals surface area contributed by atoms with Gasteiger partial charge in [-0.25, -0.2) is 0 Å². The van der Waals surface area contributed by atoms with Gasteiger partial charge < -0.3 is 9.47 Å². The zero-order valence-corrected chi connectivity index (χ0v) is 15.3. The van der Waals surface area contributed by atoms with E-state index in [2.05, 4.69) is 48.0 Å². The lowest BCUT2D eigenvalue weighted by Crippen LogP contribution is -2.00. The second-order valence-corrected chi connectivity index (χ2v) is 6.92. The maximum atomic E-state index is 5.88. The summed E-state index contributed by atoms with van der Waals surface area (Å²) in [7, 11) is 1.71. The SMILES string of the molecule is CCC(Br)CCCCOc1ccc2c(C)c(OC)ccc2c1. The van der Waals surface area contributed by atoms with Crippen LogP contribution in [0.3, 0.4) is 0 Å². The van der Waals surface area contributed by atoms with Crippen molar-refractivity contribution < 1.29 is 9.47 Å². The normalized spacial score (nSPS) is 12.4. The molecule has 120 valence electrons. The van der Waals surface area contributed by atoms with Gasteiger partial charge in [-0.3, -0.25) is 0 Å². The molecule has 0 fully saturated rings. The van der Waals surface area contributed by atoms with Crippen LogP contribution in [0.5, 0.6) is 11.5 Å². The van der Waals surface area contributed by atoms with E-state index in [0.29, 0.717) is 4.83 Å². The summed E-state index contributed by atoms with van der Waals surface area (Å²) in [6, 6.07) is 10.4. The lowest BCUT2D eigenvalue weighted by atomic mass is 10.0. The van der Waals surface area contributed by atoms with Crippen LogP contribution >= 0.6 is 15.9 Å². The fourth-order valence-electron chi connectivity index (χ4n) is 2.62. The fourth-order valence-corrected chi connectivity index (χ4v) is 2.94. The number of alkyl halides is 1. The smallest absolute Gasteiger partial charge is 0.122 e. The van der Waals surface area contributed by atoms with Gasteiger partial charge in [-0.05, 0) is 67.1 Å². The molecule has 0 spiro atoms. The Labute approximate surface area is 141 Å². The van der Waals surface area contributed by atoms with Gasteiger partial charge in [-0.1, -0.05) is 35.0 Å². The van der Waals surface area contributed by atoms with Crippen LogP contribution in [0.4, 0.5) is 0 Å². The van der Waals surface area contributed by atoms with Crippen LogP contribution in [0.25, 0.3) is 10.8 Å². The largest absolute Gasteiger partial charge is 0.496 e. The zero-order chi connectivity index (χ0) is 15.9. The Morgan fingerprint density at radius 3 is 2.68 bits per heavy atom. The maximum absolute atomic E-state index is 5.88. The van der Waals surface area contributed by atoms with Crippen molar-refractivity contribution in [2.45, 2.75) is 44.4 Å². The highest BCUT2D eigenvalue weighted by molar-refractivity contribution is 9.09. The molecule has 2 rings (SSSR count). The third-order valence-electron chi connectivity index (χ3n) is 4.05. The molecule has 2 nitrogen and oxygen atoms in total. The lowest BCUT2D eigenvalue weighted by Gasteiger charge is -2.11. The standard InChI is InChI=1S/C19H25BrO2/c1-4-16(20)7-5-6-12-22-17-9-10-18-14(2)19(21-3)11-8-15(18)13-17/h8-11,13,16H,4-7,12H2,1-3H3. The summed E-state index contributed by atoms with van der Waals surface area (Å²) < 4.78 is 11.2. The second-order valence-electron chi connectivity index (χ2n) is 5.63. The van der Waals surface area contributed by atoms with Gasteiger partial charge in [0.15, 0.2) is 0 Å². The predicted molar refractivity (Wildman–Crippen MR) is 97.6 cm³/mol. The highest BCUT2D eigenvalue weighted by atomic mass is 79.9. The molecule has 0 aliphatic rings. The van der Waals surface area contributed by atoms with Gasteiger partial charge in [-0.2, -0.15) is 0 Å². The summed E-state index contributed by atoms with van der Waals surface area (Å²) >= 11 is 3.67. The summed E-state index contributed by atoms with van der Waals surface area (Å²) in [4.78, 5) is 0.645. The molecule has 1 unspecified atom stereocenters. The molecule has 0 aromatic heterocycles. The van der Waals surface area contributed by atoms with E-state index in [1.165, 1.54) is 35.6 Å². The third kappa shape index (κ3) is 4.39. The van der Waals surface area contributed by atoms with Gasteiger partial charge >= 0.3 is 0 Å². The monoisotopic (exact) mass is 364 g/mol. The van der Waals surface area contributed by atoms with E-state index in [4.69, 9.17) is 9.47 Å². The van der Waals surface area contributed by atoms with Gasteiger partial charge in [-0.15, -0.1) is 0 Å². The van der Waals surface area contributed by atoms with E-state index in [1.54, 1.807) is 7.11 Å². The Morgan fingerprint density at radius 1 is 1.14 bits per heavy atom. The molecule has 0 N–H and O–H groups in total. The molecule has 0 radical (unpaired) electrons. The topological polar surface area (TPSA) is 18.5 Å². The first-order valence-electron chi connectivity index (χ1n) is 8.00. The molecule has 22 heavy (non-hydrogen) atoms. The number of methoxy groups -OCH3 is 1. The second kappa shape index (κ2) is 8.42. The first-order valence-corrected chi connectivity index (χ1v) is 8.91. The minimum Gasteiger partial charge on any atom is -0.496 e. The summed E-state index contributed by atoms with van der Waals surface area (Å²) in [6.07, 6.45) is 4.71. The number of hydrogen-bond donors (Lipinski definition) is 0. The zero-order valence-electron chi connectivity index (χ0n) is 13.7. The molecule has 0 aliphatic heterocycles. The molecule has 0 bridgehead atoms. The maximum Gasteiger partial charge on any atom is 0.122 e. The van der Waals surface area contributed by atoms with Crippen LogP contribution in [0.1, 0.15) is 38.2 Å². The number of rotatable bonds is 8. The van der Waals surface area contributed by atoms with Crippen molar-refractivity contribution >= 4 is 26.7 Å². The van der Waals surface area contributed by atoms with Gasteiger partial charge in [0, 0.05) is 4.83 Å². The van der Waals surface area contributed by atoms with Gasteiger partial charge in [0.05, 0.1) is 13.7 Å². The van der Waals surface area contributed by atoms with E-state index in [9.17, 15) is 0 Å². The van der Waals surface area contributed by atoms with E-state index in [-0.39, 0.29) is 0 Å². The van der Waals surface area contributed by atoms with Crippen LogP contribution < -0.4 is 9.47 Å². The van der Waals surface area contributed by atoms with Crippen LogP contribution in [-0.4, -0.2) is 18.5 Å². The molecule has 3 heteroatoms.